The summed E-state index contributed by atoms with van der Waals surface area (Å²) in [6.07, 6.45) is 4.36. The molecule has 0 aliphatic heterocycles. The molecule has 3 N–H and O–H groups in total. The van der Waals surface area contributed by atoms with Crippen LogP contribution in [0.25, 0.3) is 0 Å². The summed E-state index contributed by atoms with van der Waals surface area (Å²) in [6, 6.07) is -0.446. The van der Waals surface area contributed by atoms with Crippen molar-refractivity contribution in [2.75, 3.05) is 6.61 Å². The number of esters is 1. The fraction of sp³-hybridized carbons (Fsp3) is 0.818. The summed E-state index contributed by atoms with van der Waals surface area (Å²) < 4.78 is 5.03. The van der Waals surface area contributed by atoms with Gasteiger partial charge in [0.1, 0.15) is 6.61 Å². The molecule has 0 bridgehead atoms. The highest BCUT2D eigenvalue weighted by molar-refractivity contribution is 5.72. The second-order valence-corrected chi connectivity index (χ2v) is 3.80. The first-order valence-electron chi connectivity index (χ1n) is 5.60. The van der Waals surface area contributed by atoms with Crippen molar-refractivity contribution in [2.45, 2.75) is 45.6 Å². The Kier molecular flexibility index (Phi) is 7.91. The van der Waals surface area contributed by atoms with Crippen LogP contribution < -0.4 is 5.73 Å². The van der Waals surface area contributed by atoms with E-state index in [4.69, 9.17) is 4.74 Å². The Hall–Kier alpha value is -0.900. The fourth-order valence-electron chi connectivity index (χ4n) is 1.42. The lowest BCUT2D eigenvalue weighted by Gasteiger charge is -2.14. The van der Waals surface area contributed by atoms with Crippen LogP contribution in [0.3, 0.4) is 0 Å². The van der Waals surface area contributed by atoms with Gasteiger partial charge >= 0.3 is 5.97 Å². The average molecular weight is 216 g/mol. The number of aldehydes is 1. The molecule has 0 unspecified atom stereocenters. The highest BCUT2D eigenvalue weighted by Gasteiger charge is 2.19. The third kappa shape index (κ3) is 6.23. The Morgan fingerprint density at radius 2 is 1.87 bits per heavy atom. The van der Waals surface area contributed by atoms with Gasteiger partial charge in [-0.05, 0) is 12.8 Å². The lowest BCUT2D eigenvalue weighted by atomic mass is 9.99. The molecule has 4 heteroatoms. The van der Waals surface area contributed by atoms with Gasteiger partial charge in [-0.15, -0.1) is 0 Å². The molecule has 4 nitrogen and oxygen atoms in total. The monoisotopic (exact) mass is 216 g/mol. The highest BCUT2D eigenvalue weighted by atomic mass is 16.5. The van der Waals surface area contributed by atoms with Crippen molar-refractivity contribution in [1.82, 2.24) is 0 Å². The normalized spacial score (nSPS) is 12.5. The van der Waals surface area contributed by atoms with Crippen molar-refractivity contribution < 1.29 is 20.1 Å². The lowest BCUT2D eigenvalue weighted by molar-refractivity contribution is -0.405. The summed E-state index contributed by atoms with van der Waals surface area (Å²) in [7, 11) is 0. The van der Waals surface area contributed by atoms with Crippen LogP contribution in [0.2, 0.25) is 0 Å². The van der Waals surface area contributed by atoms with Crippen LogP contribution in [0, 0.1) is 5.92 Å². The topological polar surface area (TPSA) is 71.0 Å². The van der Waals surface area contributed by atoms with E-state index in [1.54, 1.807) is 0 Å². The summed E-state index contributed by atoms with van der Waals surface area (Å²) in [6.45, 7) is 4.20. The van der Waals surface area contributed by atoms with Gasteiger partial charge in [0, 0.05) is 0 Å². The molecule has 0 rings (SSSR count). The van der Waals surface area contributed by atoms with Crippen LogP contribution >= 0.6 is 0 Å². The van der Waals surface area contributed by atoms with Crippen molar-refractivity contribution in [1.29, 1.82) is 0 Å². The minimum absolute atomic E-state index is 0.0150. The Labute approximate surface area is 91.2 Å². The Bertz CT molecular complexity index is 188. The molecule has 88 valence electrons. The molecule has 0 aromatic carbocycles. The number of hydrogen-bond donors (Lipinski definition) is 1. The van der Waals surface area contributed by atoms with Crippen molar-refractivity contribution in [3.05, 3.63) is 0 Å². The zero-order chi connectivity index (χ0) is 11.7. The predicted octanol–water partition coefficient (Wildman–Crippen LogP) is 0.555. The number of ether oxygens (including phenoxy) is 1. The maximum atomic E-state index is 11.6. The first-order valence-corrected chi connectivity index (χ1v) is 5.60. The van der Waals surface area contributed by atoms with E-state index in [1.807, 2.05) is 13.8 Å². The molecule has 0 saturated carbocycles. The number of carbonyl (C=O) groups excluding carboxylic acids is 2. The van der Waals surface area contributed by atoms with Gasteiger partial charge in [-0.3, -0.25) is 9.59 Å². The van der Waals surface area contributed by atoms with Gasteiger partial charge in [0.15, 0.2) is 12.3 Å². The summed E-state index contributed by atoms with van der Waals surface area (Å²) in [5.41, 5.74) is 3.53. The minimum atomic E-state index is -0.446. The lowest BCUT2D eigenvalue weighted by Crippen LogP contribution is -2.64. The second-order valence-electron chi connectivity index (χ2n) is 3.80. The predicted molar refractivity (Wildman–Crippen MR) is 57.0 cm³/mol. The number of rotatable bonds is 8. The van der Waals surface area contributed by atoms with Crippen molar-refractivity contribution in [3.63, 3.8) is 0 Å². The molecule has 15 heavy (non-hydrogen) atoms. The number of hydrogen-bond acceptors (Lipinski definition) is 3. The van der Waals surface area contributed by atoms with Crippen LogP contribution in [0.1, 0.15) is 39.5 Å². The quantitative estimate of drug-likeness (QED) is 0.476. The molecule has 0 saturated heterocycles. The molecule has 0 radical (unpaired) electrons. The maximum absolute atomic E-state index is 11.6. The Morgan fingerprint density at radius 3 is 2.27 bits per heavy atom. The first-order chi connectivity index (χ1) is 7.15. The van der Waals surface area contributed by atoms with E-state index in [-0.39, 0.29) is 18.5 Å². The summed E-state index contributed by atoms with van der Waals surface area (Å²) in [5.74, 6) is -0.201. The van der Waals surface area contributed by atoms with Gasteiger partial charge in [-0.1, -0.05) is 26.7 Å². The van der Waals surface area contributed by atoms with Gasteiger partial charge in [0.2, 0.25) is 0 Å². The molecular formula is C11H22NO3+. The molecule has 0 aliphatic carbocycles. The fourth-order valence-corrected chi connectivity index (χ4v) is 1.42. The van der Waals surface area contributed by atoms with Crippen molar-refractivity contribution in [2.24, 2.45) is 5.92 Å². The largest absolute Gasteiger partial charge is 0.459 e. The van der Waals surface area contributed by atoms with Gasteiger partial charge in [-0.25, -0.2) is 0 Å². The van der Waals surface area contributed by atoms with E-state index >= 15 is 0 Å². The summed E-state index contributed by atoms with van der Waals surface area (Å²) in [5, 5.41) is 0. The SMILES string of the molecule is CCCC(CCC)C(=O)OC[C@H]([NH3+])C=O. The van der Waals surface area contributed by atoms with Gasteiger partial charge in [-0.2, -0.15) is 0 Å². The molecule has 0 spiro atoms. The molecule has 0 amide bonds. The first kappa shape index (κ1) is 14.1. The number of carbonyl (C=O) groups is 2. The van der Waals surface area contributed by atoms with Crippen LogP contribution in [0.4, 0.5) is 0 Å². The van der Waals surface area contributed by atoms with Crippen molar-refractivity contribution in [3.8, 4) is 0 Å². The van der Waals surface area contributed by atoms with E-state index < -0.39 is 6.04 Å². The smallest absolute Gasteiger partial charge is 0.309 e. The zero-order valence-electron chi connectivity index (χ0n) is 9.70. The third-order valence-corrected chi connectivity index (χ3v) is 2.24. The average Bonchev–Trinajstić information content (AvgIpc) is 2.25. The van der Waals surface area contributed by atoms with E-state index in [1.165, 1.54) is 0 Å². The van der Waals surface area contributed by atoms with E-state index in [2.05, 4.69) is 5.73 Å². The molecule has 0 aromatic rings. The van der Waals surface area contributed by atoms with Gasteiger partial charge in [0.05, 0.1) is 5.92 Å². The molecule has 0 aromatic heterocycles. The third-order valence-electron chi connectivity index (χ3n) is 2.24. The zero-order valence-corrected chi connectivity index (χ0v) is 9.70. The van der Waals surface area contributed by atoms with E-state index in [0.29, 0.717) is 6.29 Å². The molecule has 0 heterocycles. The molecule has 0 aliphatic rings. The molecular weight excluding hydrogens is 194 g/mol. The summed E-state index contributed by atoms with van der Waals surface area (Å²) in [4.78, 5) is 21.9. The summed E-state index contributed by atoms with van der Waals surface area (Å²) >= 11 is 0. The van der Waals surface area contributed by atoms with Crippen LogP contribution in [0.15, 0.2) is 0 Å². The molecule has 0 fully saturated rings. The van der Waals surface area contributed by atoms with Gasteiger partial charge in [0.25, 0.3) is 0 Å². The maximum Gasteiger partial charge on any atom is 0.309 e. The Morgan fingerprint density at radius 1 is 1.33 bits per heavy atom. The van der Waals surface area contributed by atoms with Crippen LogP contribution in [-0.2, 0) is 14.3 Å². The van der Waals surface area contributed by atoms with Gasteiger partial charge < -0.3 is 10.5 Å². The number of quaternary nitrogens is 1. The van der Waals surface area contributed by atoms with Crippen LogP contribution in [0.5, 0.6) is 0 Å². The second kappa shape index (κ2) is 8.41. The van der Waals surface area contributed by atoms with E-state index in [9.17, 15) is 9.59 Å². The van der Waals surface area contributed by atoms with Crippen molar-refractivity contribution >= 4 is 12.3 Å². The minimum Gasteiger partial charge on any atom is -0.459 e. The Balaban J connectivity index is 3.95. The van der Waals surface area contributed by atoms with Crippen LogP contribution in [-0.4, -0.2) is 24.9 Å². The highest BCUT2D eigenvalue weighted by Crippen LogP contribution is 2.15. The standard InChI is InChI=1S/C11H21NO3/c1-3-5-9(6-4-2)11(14)15-8-10(12)7-13/h7,9-10H,3-6,8,12H2,1-2H3/p+1/t10-/m1/s1. The molecule has 1 atom stereocenters. The van der Waals surface area contributed by atoms with E-state index in [0.717, 1.165) is 25.7 Å².